The Hall–Kier alpha value is -1.22. The quantitative estimate of drug-likeness (QED) is 0.0749. The van der Waals surface area contributed by atoms with Crippen LogP contribution in [0, 0.1) is 0 Å². The van der Waals surface area contributed by atoms with Gasteiger partial charge in [-0.1, -0.05) is 104 Å². The normalized spacial score (nSPS) is 12.1. The van der Waals surface area contributed by atoms with Crippen LogP contribution in [0.1, 0.15) is 143 Å². The molecule has 6 N–H and O–H groups in total. The van der Waals surface area contributed by atoms with Gasteiger partial charge in [0.15, 0.2) is 0 Å². The zero-order valence-corrected chi connectivity index (χ0v) is 25.3. The fourth-order valence-corrected chi connectivity index (χ4v) is 3.52. The highest BCUT2D eigenvalue weighted by molar-refractivity contribution is 5.71. The van der Waals surface area contributed by atoms with Crippen molar-refractivity contribution in [2.75, 3.05) is 26.2 Å². The maximum absolute atomic E-state index is 9.45. The molecule has 0 radical (unpaired) electrons. The Morgan fingerprint density at radius 3 is 0.842 bits per heavy atom. The van der Waals surface area contributed by atoms with Crippen LogP contribution in [0.4, 0.5) is 0 Å². The molecule has 2 atom stereocenters. The van der Waals surface area contributed by atoms with Gasteiger partial charge >= 0.3 is 11.9 Å². The van der Waals surface area contributed by atoms with Crippen molar-refractivity contribution >= 4 is 11.9 Å². The van der Waals surface area contributed by atoms with Gasteiger partial charge in [-0.05, 0) is 65.7 Å². The molecule has 0 saturated heterocycles. The van der Waals surface area contributed by atoms with E-state index < -0.39 is 24.1 Å². The van der Waals surface area contributed by atoms with Crippen LogP contribution in [0.2, 0.25) is 0 Å². The largest absolute Gasteiger partial charge is 0.479 e. The van der Waals surface area contributed by atoms with E-state index in [1.165, 1.54) is 156 Å². The zero-order chi connectivity index (χ0) is 29.3. The molecule has 0 aliphatic heterocycles. The number of nitrogens with one attached hydrogen (secondary N) is 2. The van der Waals surface area contributed by atoms with Gasteiger partial charge in [0.05, 0.1) is 0 Å². The maximum atomic E-state index is 9.45. The Morgan fingerprint density at radius 2 is 0.658 bits per heavy atom. The van der Waals surface area contributed by atoms with Crippen molar-refractivity contribution in [3.8, 4) is 0 Å². The van der Waals surface area contributed by atoms with Crippen molar-refractivity contribution in [3.05, 3.63) is 0 Å². The highest BCUT2D eigenvalue weighted by atomic mass is 16.4. The third-order valence-electron chi connectivity index (χ3n) is 6.09. The molecular formula is C30H64N2O6. The predicted molar refractivity (Wildman–Crippen MR) is 159 cm³/mol. The van der Waals surface area contributed by atoms with Gasteiger partial charge in [0.25, 0.3) is 0 Å². The van der Waals surface area contributed by atoms with E-state index in [9.17, 15) is 9.59 Å². The zero-order valence-electron chi connectivity index (χ0n) is 25.3. The second kappa shape index (κ2) is 35.8. The summed E-state index contributed by atoms with van der Waals surface area (Å²) in [6.45, 7) is 11.9. The van der Waals surface area contributed by atoms with Crippen LogP contribution >= 0.6 is 0 Å². The first kappa shape index (κ1) is 41.3. The van der Waals surface area contributed by atoms with E-state index in [-0.39, 0.29) is 0 Å². The lowest BCUT2D eigenvalue weighted by Gasteiger charge is -2.06. The molecular weight excluding hydrogens is 484 g/mol. The molecule has 2 unspecified atom stereocenters. The Bertz CT molecular complexity index is 434. The first-order valence-electron chi connectivity index (χ1n) is 15.4. The lowest BCUT2D eigenvalue weighted by Crippen LogP contribution is -2.17. The van der Waals surface area contributed by atoms with Gasteiger partial charge < -0.3 is 31.1 Å². The molecule has 0 fully saturated rings. The molecule has 0 aromatic rings. The number of rotatable bonds is 25. The summed E-state index contributed by atoms with van der Waals surface area (Å²) in [7, 11) is 0. The van der Waals surface area contributed by atoms with Crippen LogP contribution in [0.15, 0.2) is 0 Å². The first-order valence-corrected chi connectivity index (χ1v) is 15.4. The van der Waals surface area contributed by atoms with Gasteiger partial charge in [0.2, 0.25) is 0 Å². The highest BCUT2D eigenvalue weighted by Crippen LogP contribution is 2.06. The summed E-state index contributed by atoms with van der Waals surface area (Å²) in [6, 6.07) is 0. The van der Waals surface area contributed by atoms with Crippen LogP contribution in [0.3, 0.4) is 0 Å². The number of aliphatic hydroxyl groups is 2. The molecule has 0 heterocycles. The van der Waals surface area contributed by atoms with Crippen LogP contribution < -0.4 is 10.6 Å². The number of hydrogen-bond donors (Lipinski definition) is 6. The standard InChI is InChI=1S/C24H52N2.2C3H6O3/c1-3-5-7-9-13-17-21-25-23-19-15-11-12-16-20-24-26-22-18-14-10-8-6-4-2;2*1-2(4)3(5)6/h25-26H,3-24H2,1-2H3;2*2,4H,1H3,(H,5,6). The molecule has 0 aliphatic rings. The summed E-state index contributed by atoms with van der Waals surface area (Å²) in [6.07, 6.45) is 22.8. The molecule has 8 nitrogen and oxygen atoms in total. The van der Waals surface area contributed by atoms with Crippen molar-refractivity contribution in [3.63, 3.8) is 0 Å². The van der Waals surface area contributed by atoms with Crippen molar-refractivity contribution in [2.45, 2.75) is 155 Å². The van der Waals surface area contributed by atoms with Crippen molar-refractivity contribution < 1.29 is 30.0 Å². The van der Waals surface area contributed by atoms with Gasteiger partial charge in [-0.3, -0.25) is 0 Å². The molecule has 0 bridgehead atoms. The van der Waals surface area contributed by atoms with Gasteiger partial charge in [-0.2, -0.15) is 0 Å². The van der Waals surface area contributed by atoms with E-state index in [1.807, 2.05) is 0 Å². The van der Waals surface area contributed by atoms with E-state index in [4.69, 9.17) is 20.4 Å². The summed E-state index contributed by atoms with van der Waals surface area (Å²) in [4.78, 5) is 18.9. The molecule has 0 amide bonds. The average molecular weight is 549 g/mol. The molecule has 0 rings (SSSR count). The first-order chi connectivity index (χ1) is 18.2. The molecule has 0 aromatic carbocycles. The van der Waals surface area contributed by atoms with Crippen LogP contribution in [-0.2, 0) is 9.59 Å². The molecule has 8 heteroatoms. The number of carboxylic acids is 2. The van der Waals surface area contributed by atoms with E-state index in [1.54, 1.807) is 0 Å². The van der Waals surface area contributed by atoms with Crippen molar-refractivity contribution in [1.82, 2.24) is 10.6 Å². The Balaban J connectivity index is -0.000000839. The maximum Gasteiger partial charge on any atom is 0.332 e. The summed E-state index contributed by atoms with van der Waals surface area (Å²) in [5, 5.41) is 38.8. The summed E-state index contributed by atoms with van der Waals surface area (Å²) in [5.41, 5.74) is 0. The summed E-state index contributed by atoms with van der Waals surface area (Å²) >= 11 is 0. The topological polar surface area (TPSA) is 139 Å². The second-order valence-corrected chi connectivity index (χ2v) is 10.2. The monoisotopic (exact) mass is 548 g/mol. The van der Waals surface area contributed by atoms with Gasteiger partial charge in [-0.25, -0.2) is 9.59 Å². The SMILES string of the molecule is CC(O)C(=O)O.CC(O)C(=O)O.CCCCCCCCNCCCCCCCCNCCCCCCCC. The molecule has 0 aromatic heterocycles. The second-order valence-electron chi connectivity index (χ2n) is 10.2. The summed E-state index contributed by atoms with van der Waals surface area (Å²) in [5.74, 6) is -2.37. The predicted octanol–water partition coefficient (Wildman–Crippen LogP) is 6.13. The third-order valence-corrected chi connectivity index (χ3v) is 6.09. The smallest absolute Gasteiger partial charge is 0.332 e. The van der Waals surface area contributed by atoms with Crippen molar-refractivity contribution in [2.24, 2.45) is 0 Å². The van der Waals surface area contributed by atoms with Crippen molar-refractivity contribution in [1.29, 1.82) is 0 Å². The minimum Gasteiger partial charge on any atom is -0.479 e. The number of aliphatic carboxylic acids is 2. The summed E-state index contributed by atoms with van der Waals surface area (Å²) < 4.78 is 0. The Kier molecular flexibility index (Phi) is 38.9. The van der Waals surface area contributed by atoms with E-state index in [2.05, 4.69) is 24.5 Å². The third kappa shape index (κ3) is 44.8. The average Bonchev–Trinajstić information content (AvgIpc) is 2.87. The number of carboxylic acid groups (broad SMARTS) is 2. The minimum atomic E-state index is -1.23. The van der Waals surface area contributed by atoms with E-state index in [0.29, 0.717) is 0 Å². The van der Waals surface area contributed by atoms with Gasteiger partial charge in [-0.15, -0.1) is 0 Å². The molecule has 38 heavy (non-hydrogen) atoms. The number of hydrogen-bond acceptors (Lipinski definition) is 6. The van der Waals surface area contributed by atoms with E-state index >= 15 is 0 Å². The highest BCUT2D eigenvalue weighted by Gasteiger charge is 2.02. The van der Waals surface area contributed by atoms with Gasteiger partial charge in [0.1, 0.15) is 12.2 Å². The molecule has 0 aliphatic carbocycles. The fourth-order valence-electron chi connectivity index (χ4n) is 3.52. The lowest BCUT2D eigenvalue weighted by molar-refractivity contribution is -0.146. The van der Waals surface area contributed by atoms with Crippen LogP contribution in [0.5, 0.6) is 0 Å². The molecule has 230 valence electrons. The van der Waals surface area contributed by atoms with E-state index in [0.717, 1.165) is 0 Å². The Labute approximate surface area is 234 Å². The number of aliphatic hydroxyl groups excluding tert-OH is 2. The number of carbonyl (C=O) groups is 2. The molecule has 0 saturated carbocycles. The Morgan fingerprint density at radius 1 is 0.474 bits per heavy atom. The molecule has 0 spiro atoms. The van der Waals surface area contributed by atoms with Crippen LogP contribution in [0.25, 0.3) is 0 Å². The number of unbranched alkanes of at least 4 members (excludes halogenated alkanes) is 15. The van der Waals surface area contributed by atoms with Gasteiger partial charge in [0, 0.05) is 0 Å². The lowest BCUT2D eigenvalue weighted by atomic mass is 10.1. The fraction of sp³-hybridized carbons (Fsp3) is 0.933. The van der Waals surface area contributed by atoms with Crippen LogP contribution in [-0.4, -0.2) is 70.8 Å². The minimum absolute atomic E-state index is 1.19.